The Morgan fingerprint density at radius 2 is 2.00 bits per heavy atom. The number of rotatable bonds is 5. The Balaban J connectivity index is 1.61. The highest BCUT2D eigenvalue weighted by molar-refractivity contribution is 5.65. The Morgan fingerprint density at radius 1 is 1.15 bits per heavy atom. The third-order valence-corrected chi connectivity index (χ3v) is 4.56. The van der Waals surface area contributed by atoms with E-state index in [1.54, 1.807) is 20.4 Å². The molecule has 0 amide bonds. The van der Waals surface area contributed by atoms with Gasteiger partial charge in [-0.1, -0.05) is 12.1 Å². The van der Waals surface area contributed by atoms with Gasteiger partial charge in [-0.15, -0.1) is 0 Å². The average molecular weight is 366 g/mol. The Kier molecular flexibility index (Phi) is 4.62. The van der Waals surface area contributed by atoms with Gasteiger partial charge in [0.05, 0.1) is 44.8 Å². The highest BCUT2D eigenvalue weighted by Crippen LogP contribution is 2.37. The Morgan fingerprint density at radius 3 is 2.81 bits per heavy atom. The number of hydrogen-bond donors (Lipinski definition) is 0. The fourth-order valence-electron chi connectivity index (χ4n) is 3.30. The van der Waals surface area contributed by atoms with Crippen molar-refractivity contribution in [2.75, 3.05) is 25.7 Å². The van der Waals surface area contributed by atoms with E-state index in [2.05, 4.69) is 16.8 Å². The summed E-state index contributed by atoms with van der Waals surface area (Å²) in [5.41, 5.74) is 1.86. The number of para-hydroxylation sites is 1. The molecule has 4 rings (SSSR count). The molecule has 2 heterocycles. The second-order valence-corrected chi connectivity index (χ2v) is 6.46. The monoisotopic (exact) mass is 366 g/mol. The number of benzene rings is 2. The van der Waals surface area contributed by atoms with Crippen LogP contribution >= 0.6 is 0 Å². The minimum absolute atomic E-state index is 0.0783. The Hall–Kier alpha value is -3.15. The number of ether oxygens (including phenoxy) is 3. The van der Waals surface area contributed by atoms with E-state index in [-0.39, 0.29) is 6.10 Å². The fourth-order valence-corrected chi connectivity index (χ4v) is 3.30. The Bertz CT molecular complexity index is 937. The summed E-state index contributed by atoms with van der Waals surface area (Å²) in [6, 6.07) is 13.6. The summed E-state index contributed by atoms with van der Waals surface area (Å²) in [4.78, 5) is 6.66. The minimum Gasteiger partial charge on any atom is -0.497 e. The molecule has 2 aromatic carbocycles. The summed E-state index contributed by atoms with van der Waals surface area (Å²) in [6.07, 6.45) is 1.82. The van der Waals surface area contributed by atoms with Crippen LogP contribution in [0.1, 0.15) is 12.8 Å². The van der Waals surface area contributed by atoms with Crippen LogP contribution in [-0.2, 0) is 6.54 Å². The zero-order chi connectivity index (χ0) is 18.8. The average Bonchev–Trinajstić information content (AvgIpc) is 3.16. The summed E-state index contributed by atoms with van der Waals surface area (Å²) >= 11 is 0. The third kappa shape index (κ3) is 3.43. The van der Waals surface area contributed by atoms with Crippen LogP contribution < -0.4 is 19.1 Å². The van der Waals surface area contributed by atoms with E-state index in [1.165, 1.54) is 0 Å². The Labute approximate surface area is 158 Å². The van der Waals surface area contributed by atoms with Gasteiger partial charge >= 0.3 is 0 Å². The summed E-state index contributed by atoms with van der Waals surface area (Å²) in [7, 11) is 3.31. The predicted octanol–water partition coefficient (Wildman–Crippen LogP) is 4.15. The van der Waals surface area contributed by atoms with Gasteiger partial charge in [0.2, 0.25) is 5.89 Å². The van der Waals surface area contributed by atoms with Crippen molar-refractivity contribution in [2.45, 2.75) is 19.6 Å². The molecular formula is C21H22N2O4. The molecule has 27 heavy (non-hydrogen) atoms. The third-order valence-electron chi connectivity index (χ3n) is 4.56. The zero-order valence-corrected chi connectivity index (χ0v) is 15.6. The van der Waals surface area contributed by atoms with Crippen LogP contribution in [0.3, 0.4) is 0 Å². The number of oxazole rings is 1. The van der Waals surface area contributed by atoms with Gasteiger partial charge in [-0.25, -0.2) is 4.98 Å². The van der Waals surface area contributed by atoms with E-state index >= 15 is 0 Å². The molecule has 0 aliphatic carbocycles. The first-order chi connectivity index (χ1) is 13.2. The van der Waals surface area contributed by atoms with Gasteiger partial charge in [-0.05, 0) is 31.2 Å². The van der Waals surface area contributed by atoms with Gasteiger partial charge in [-0.2, -0.15) is 0 Å². The van der Waals surface area contributed by atoms with Crippen LogP contribution in [0.15, 0.2) is 53.1 Å². The van der Waals surface area contributed by atoms with Crippen molar-refractivity contribution in [3.8, 4) is 28.6 Å². The van der Waals surface area contributed by atoms with E-state index in [9.17, 15) is 0 Å². The number of methoxy groups -OCH3 is 2. The van der Waals surface area contributed by atoms with Crippen molar-refractivity contribution in [2.24, 2.45) is 0 Å². The lowest BCUT2D eigenvalue weighted by atomic mass is 10.1. The molecule has 0 unspecified atom stereocenters. The van der Waals surface area contributed by atoms with Crippen LogP contribution in [0, 0.1) is 0 Å². The molecule has 0 spiro atoms. The first-order valence-electron chi connectivity index (χ1n) is 8.85. The second kappa shape index (κ2) is 7.23. The molecule has 0 radical (unpaired) electrons. The fraction of sp³-hybridized carbons (Fsp3) is 0.286. The molecule has 0 fully saturated rings. The maximum absolute atomic E-state index is 6.02. The van der Waals surface area contributed by atoms with Crippen LogP contribution in [0.25, 0.3) is 11.3 Å². The normalized spacial score (nSPS) is 15.8. The molecule has 1 aliphatic heterocycles. The molecule has 1 aliphatic rings. The SMILES string of the molecule is COc1ccc2c(c1)N(Cc1ncc(-c3ccccc3OC)o1)C[C@@H](C)O2. The van der Waals surface area contributed by atoms with Gasteiger partial charge in [-0.3, -0.25) is 0 Å². The molecule has 6 nitrogen and oxygen atoms in total. The zero-order valence-electron chi connectivity index (χ0n) is 15.6. The summed E-state index contributed by atoms with van der Waals surface area (Å²) in [6.45, 7) is 3.34. The number of anilines is 1. The second-order valence-electron chi connectivity index (χ2n) is 6.46. The van der Waals surface area contributed by atoms with Crippen LogP contribution in [0.4, 0.5) is 5.69 Å². The molecule has 3 aromatic rings. The van der Waals surface area contributed by atoms with Crippen LogP contribution in [0.5, 0.6) is 17.2 Å². The van der Waals surface area contributed by atoms with Crippen molar-refractivity contribution in [3.63, 3.8) is 0 Å². The maximum atomic E-state index is 6.02. The summed E-state index contributed by atoms with van der Waals surface area (Å²) in [5, 5.41) is 0. The topological polar surface area (TPSA) is 57.0 Å². The molecule has 0 N–H and O–H groups in total. The van der Waals surface area contributed by atoms with E-state index in [0.29, 0.717) is 18.2 Å². The van der Waals surface area contributed by atoms with E-state index in [1.807, 2.05) is 42.5 Å². The molecule has 0 saturated heterocycles. The number of hydrogen-bond acceptors (Lipinski definition) is 6. The predicted molar refractivity (Wildman–Crippen MR) is 103 cm³/mol. The smallest absolute Gasteiger partial charge is 0.214 e. The minimum atomic E-state index is 0.0783. The summed E-state index contributed by atoms with van der Waals surface area (Å²) < 4.78 is 22.7. The molecule has 1 aromatic heterocycles. The lowest BCUT2D eigenvalue weighted by molar-refractivity contribution is 0.210. The highest BCUT2D eigenvalue weighted by Gasteiger charge is 2.25. The number of fused-ring (bicyclic) bond motifs is 1. The first kappa shape index (κ1) is 17.3. The van der Waals surface area contributed by atoms with Crippen LogP contribution in [-0.4, -0.2) is 31.9 Å². The number of nitrogens with zero attached hydrogens (tertiary/aromatic N) is 2. The summed E-state index contributed by atoms with van der Waals surface area (Å²) in [5.74, 6) is 3.72. The van der Waals surface area contributed by atoms with Gasteiger partial charge < -0.3 is 23.5 Å². The lowest BCUT2D eigenvalue weighted by Gasteiger charge is -2.34. The largest absolute Gasteiger partial charge is 0.497 e. The van der Waals surface area contributed by atoms with Gasteiger partial charge in [0.25, 0.3) is 0 Å². The molecule has 6 heteroatoms. The quantitative estimate of drug-likeness (QED) is 0.676. The maximum Gasteiger partial charge on any atom is 0.214 e. The molecule has 0 bridgehead atoms. The molecule has 1 atom stereocenters. The van der Waals surface area contributed by atoms with Crippen molar-refractivity contribution >= 4 is 5.69 Å². The highest BCUT2D eigenvalue weighted by atomic mass is 16.5. The van der Waals surface area contributed by atoms with Gasteiger partial charge in [0.15, 0.2) is 5.76 Å². The molecular weight excluding hydrogens is 344 g/mol. The molecule has 0 saturated carbocycles. The van der Waals surface area contributed by atoms with E-state index in [4.69, 9.17) is 18.6 Å². The lowest BCUT2D eigenvalue weighted by Crippen LogP contribution is -2.38. The van der Waals surface area contributed by atoms with Crippen molar-refractivity contribution in [1.82, 2.24) is 4.98 Å². The standard InChI is InChI=1S/C21H22N2O4/c1-14-12-23(17-10-15(24-2)8-9-19(17)26-14)13-21-22-11-20(27-21)16-6-4-5-7-18(16)25-3/h4-11,14H,12-13H2,1-3H3/t14-/m1/s1. The van der Waals surface area contributed by atoms with Crippen molar-refractivity contribution in [1.29, 1.82) is 0 Å². The van der Waals surface area contributed by atoms with Crippen LogP contribution in [0.2, 0.25) is 0 Å². The van der Waals surface area contributed by atoms with Gasteiger partial charge in [0, 0.05) is 6.07 Å². The van der Waals surface area contributed by atoms with E-state index in [0.717, 1.165) is 35.0 Å². The number of aromatic nitrogens is 1. The van der Waals surface area contributed by atoms with E-state index < -0.39 is 0 Å². The molecule has 140 valence electrons. The van der Waals surface area contributed by atoms with Gasteiger partial charge in [0.1, 0.15) is 23.4 Å². The van der Waals surface area contributed by atoms with Crippen molar-refractivity contribution < 1.29 is 18.6 Å². The van der Waals surface area contributed by atoms with Crippen molar-refractivity contribution in [3.05, 3.63) is 54.6 Å². The first-order valence-corrected chi connectivity index (χ1v) is 8.85.